The van der Waals surface area contributed by atoms with Gasteiger partial charge in [-0.3, -0.25) is 4.79 Å². The molecule has 2 aromatic rings. The standard InChI is InChI=1S/C12H11BrN4O3/c1-2-20-12(19)11(18)16-9-3-4-10(14-6-9)17-7-8(13)5-15-17/h3-7H,2H2,1H3,(H,16,18). The zero-order valence-electron chi connectivity index (χ0n) is 10.5. The number of hydrogen-bond donors (Lipinski definition) is 1. The molecule has 0 fully saturated rings. The minimum Gasteiger partial charge on any atom is -0.459 e. The number of nitrogens with one attached hydrogen (secondary N) is 1. The van der Waals surface area contributed by atoms with Gasteiger partial charge in [0.15, 0.2) is 5.82 Å². The van der Waals surface area contributed by atoms with E-state index in [1.165, 1.54) is 6.20 Å². The molecule has 2 rings (SSSR count). The third-order valence-electron chi connectivity index (χ3n) is 2.25. The predicted molar refractivity (Wildman–Crippen MR) is 74.3 cm³/mol. The summed E-state index contributed by atoms with van der Waals surface area (Å²) in [5.74, 6) is -1.17. The van der Waals surface area contributed by atoms with Crippen molar-refractivity contribution in [2.24, 2.45) is 0 Å². The second-order valence-corrected chi connectivity index (χ2v) is 4.60. The summed E-state index contributed by atoms with van der Waals surface area (Å²) in [5, 5.41) is 6.47. The molecule has 2 aromatic heterocycles. The molecular formula is C12H11BrN4O3. The van der Waals surface area contributed by atoms with Gasteiger partial charge < -0.3 is 10.1 Å². The Balaban J connectivity index is 2.05. The van der Waals surface area contributed by atoms with E-state index in [0.29, 0.717) is 11.5 Å². The number of carbonyl (C=O) groups excluding carboxylic acids is 2. The molecule has 0 saturated heterocycles. The van der Waals surface area contributed by atoms with Gasteiger partial charge in [0, 0.05) is 6.20 Å². The number of pyridine rings is 1. The summed E-state index contributed by atoms with van der Waals surface area (Å²) in [6.45, 7) is 1.78. The van der Waals surface area contributed by atoms with Gasteiger partial charge >= 0.3 is 11.9 Å². The second kappa shape index (κ2) is 6.29. The Labute approximate surface area is 123 Å². The first-order valence-corrected chi connectivity index (χ1v) is 6.54. The highest BCUT2D eigenvalue weighted by molar-refractivity contribution is 9.10. The first-order valence-electron chi connectivity index (χ1n) is 5.75. The minimum absolute atomic E-state index is 0.150. The van der Waals surface area contributed by atoms with E-state index in [1.807, 2.05) is 0 Å². The largest absolute Gasteiger partial charge is 0.459 e. The summed E-state index contributed by atoms with van der Waals surface area (Å²) in [4.78, 5) is 26.7. The summed E-state index contributed by atoms with van der Waals surface area (Å²) in [7, 11) is 0. The monoisotopic (exact) mass is 338 g/mol. The Bertz CT molecular complexity index is 624. The van der Waals surface area contributed by atoms with Crippen LogP contribution >= 0.6 is 15.9 Å². The summed E-state index contributed by atoms with van der Waals surface area (Å²) in [5.41, 5.74) is 0.401. The van der Waals surface area contributed by atoms with E-state index in [-0.39, 0.29) is 6.61 Å². The van der Waals surface area contributed by atoms with Crippen molar-refractivity contribution in [3.8, 4) is 5.82 Å². The van der Waals surface area contributed by atoms with Crippen LogP contribution in [0.25, 0.3) is 5.82 Å². The second-order valence-electron chi connectivity index (χ2n) is 3.68. The fraction of sp³-hybridized carbons (Fsp3) is 0.167. The topological polar surface area (TPSA) is 86.1 Å². The van der Waals surface area contributed by atoms with Crippen molar-refractivity contribution < 1.29 is 14.3 Å². The van der Waals surface area contributed by atoms with Gasteiger partial charge in [0.2, 0.25) is 0 Å². The van der Waals surface area contributed by atoms with Crippen LogP contribution < -0.4 is 5.32 Å². The van der Waals surface area contributed by atoms with E-state index in [9.17, 15) is 9.59 Å². The number of rotatable bonds is 3. The molecule has 0 aliphatic heterocycles. The number of carbonyl (C=O) groups is 2. The molecule has 0 aliphatic carbocycles. The lowest BCUT2D eigenvalue weighted by Gasteiger charge is -2.05. The normalized spacial score (nSPS) is 10.1. The molecule has 20 heavy (non-hydrogen) atoms. The van der Waals surface area contributed by atoms with Crippen LogP contribution in [0, 0.1) is 0 Å². The van der Waals surface area contributed by atoms with Gasteiger partial charge in [-0.05, 0) is 35.0 Å². The molecule has 7 nitrogen and oxygen atoms in total. The molecule has 0 aromatic carbocycles. The third kappa shape index (κ3) is 3.41. The number of esters is 1. The molecule has 0 spiro atoms. The number of amides is 1. The molecule has 1 amide bonds. The maximum Gasteiger partial charge on any atom is 0.397 e. The molecule has 0 unspecified atom stereocenters. The van der Waals surface area contributed by atoms with E-state index < -0.39 is 11.9 Å². The van der Waals surface area contributed by atoms with E-state index in [1.54, 1.807) is 36.1 Å². The van der Waals surface area contributed by atoms with Crippen molar-refractivity contribution in [3.63, 3.8) is 0 Å². The first kappa shape index (κ1) is 14.2. The number of ether oxygens (including phenoxy) is 1. The average Bonchev–Trinajstić information content (AvgIpc) is 2.86. The molecule has 0 bridgehead atoms. The van der Waals surface area contributed by atoms with E-state index >= 15 is 0 Å². The lowest BCUT2D eigenvalue weighted by Crippen LogP contribution is -2.25. The fourth-order valence-corrected chi connectivity index (χ4v) is 1.69. The highest BCUT2D eigenvalue weighted by Gasteiger charge is 2.14. The van der Waals surface area contributed by atoms with Gasteiger partial charge in [-0.15, -0.1) is 0 Å². The van der Waals surface area contributed by atoms with Crippen molar-refractivity contribution >= 4 is 33.5 Å². The van der Waals surface area contributed by atoms with Crippen LogP contribution in [0.1, 0.15) is 6.92 Å². The van der Waals surface area contributed by atoms with E-state index in [4.69, 9.17) is 0 Å². The van der Waals surface area contributed by atoms with Crippen LogP contribution in [0.15, 0.2) is 35.2 Å². The lowest BCUT2D eigenvalue weighted by molar-refractivity contribution is -0.152. The van der Waals surface area contributed by atoms with Gasteiger partial charge in [0.1, 0.15) is 0 Å². The molecule has 104 valence electrons. The Morgan fingerprint density at radius 1 is 1.40 bits per heavy atom. The summed E-state index contributed by atoms with van der Waals surface area (Å²) in [6, 6.07) is 3.29. The van der Waals surface area contributed by atoms with Crippen molar-refractivity contribution in [1.29, 1.82) is 0 Å². The SMILES string of the molecule is CCOC(=O)C(=O)Nc1ccc(-n2cc(Br)cn2)nc1. The smallest absolute Gasteiger partial charge is 0.397 e. The third-order valence-corrected chi connectivity index (χ3v) is 2.66. The quantitative estimate of drug-likeness (QED) is 0.677. The number of halogens is 1. The minimum atomic E-state index is -0.924. The van der Waals surface area contributed by atoms with Gasteiger partial charge in [-0.1, -0.05) is 0 Å². The first-order chi connectivity index (χ1) is 9.60. The molecule has 0 atom stereocenters. The van der Waals surface area contributed by atoms with Crippen molar-refractivity contribution in [2.75, 3.05) is 11.9 Å². The molecule has 8 heteroatoms. The molecular weight excluding hydrogens is 328 g/mol. The van der Waals surface area contributed by atoms with Gasteiger partial charge in [-0.2, -0.15) is 5.10 Å². The summed E-state index contributed by atoms with van der Waals surface area (Å²) in [6.07, 6.45) is 4.82. The van der Waals surface area contributed by atoms with Crippen LogP contribution in [0.2, 0.25) is 0 Å². The molecule has 2 heterocycles. The number of hydrogen-bond acceptors (Lipinski definition) is 5. The number of anilines is 1. The summed E-state index contributed by atoms with van der Waals surface area (Å²) < 4.78 is 6.98. The predicted octanol–water partition coefficient (Wildman–Crippen LogP) is 1.53. The lowest BCUT2D eigenvalue weighted by atomic mass is 10.4. The van der Waals surface area contributed by atoms with Crippen LogP contribution in [-0.4, -0.2) is 33.2 Å². The zero-order valence-corrected chi connectivity index (χ0v) is 12.1. The molecule has 0 radical (unpaired) electrons. The van der Waals surface area contributed by atoms with Crippen molar-refractivity contribution in [1.82, 2.24) is 14.8 Å². The van der Waals surface area contributed by atoms with Crippen LogP contribution in [0.3, 0.4) is 0 Å². The van der Waals surface area contributed by atoms with Crippen molar-refractivity contribution in [3.05, 3.63) is 35.2 Å². The average molecular weight is 339 g/mol. The summed E-state index contributed by atoms with van der Waals surface area (Å²) >= 11 is 3.29. The highest BCUT2D eigenvalue weighted by Crippen LogP contribution is 2.12. The zero-order chi connectivity index (χ0) is 14.5. The Morgan fingerprint density at radius 2 is 2.20 bits per heavy atom. The fourth-order valence-electron chi connectivity index (χ4n) is 1.40. The van der Waals surface area contributed by atoms with Crippen LogP contribution in [0.5, 0.6) is 0 Å². The van der Waals surface area contributed by atoms with Crippen LogP contribution in [0.4, 0.5) is 5.69 Å². The van der Waals surface area contributed by atoms with E-state index in [2.05, 4.69) is 36.1 Å². The number of nitrogens with zero attached hydrogens (tertiary/aromatic N) is 3. The van der Waals surface area contributed by atoms with Gasteiger partial charge in [-0.25, -0.2) is 14.5 Å². The Morgan fingerprint density at radius 3 is 2.75 bits per heavy atom. The van der Waals surface area contributed by atoms with Gasteiger partial charge in [0.05, 0.1) is 29.2 Å². The highest BCUT2D eigenvalue weighted by atomic mass is 79.9. The maximum atomic E-state index is 11.4. The van der Waals surface area contributed by atoms with Crippen molar-refractivity contribution in [2.45, 2.75) is 6.92 Å². The number of aromatic nitrogens is 3. The van der Waals surface area contributed by atoms with E-state index in [0.717, 1.165) is 4.47 Å². The molecule has 0 aliphatic rings. The Hall–Kier alpha value is -2.22. The Kier molecular flexibility index (Phi) is 4.46. The van der Waals surface area contributed by atoms with Crippen LogP contribution in [-0.2, 0) is 14.3 Å². The molecule has 1 N–H and O–H groups in total. The molecule has 0 saturated carbocycles. The van der Waals surface area contributed by atoms with Gasteiger partial charge in [0.25, 0.3) is 0 Å². The maximum absolute atomic E-state index is 11.4.